The largest absolute Gasteiger partial charge is 2.00 e. The van der Waals surface area contributed by atoms with Gasteiger partial charge in [0.15, 0.2) is 0 Å². The molecule has 0 aliphatic carbocycles. The number of carboxylic acids is 4. The molecule has 0 saturated carbocycles. The van der Waals surface area contributed by atoms with E-state index >= 15 is 0 Å². The van der Waals surface area contributed by atoms with Crippen molar-refractivity contribution in [2.75, 3.05) is 0 Å². The van der Waals surface area contributed by atoms with Crippen molar-refractivity contribution >= 4 is 61.6 Å². The minimum Gasteiger partial charge on any atom is -0.545 e. The summed E-state index contributed by atoms with van der Waals surface area (Å²) >= 11 is 0. The molecule has 19 heavy (non-hydrogen) atoms. The second-order valence-electron chi connectivity index (χ2n) is 2.90. The quantitative estimate of drug-likeness (QED) is 0.415. The fraction of sp³-hybridized carbons (Fsp3) is 0.200. The molecule has 0 atom stereocenters. The van der Waals surface area contributed by atoms with Crippen LogP contribution in [0.4, 0.5) is 0 Å². The average molecular weight is 298 g/mol. The molecule has 9 heteroatoms. The smallest absolute Gasteiger partial charge is 0.545 e. The Hall–Kier alpha value is -1.38. The van der Waals surface area contributed by atoms with E-state index in [1.165, 1.54) is 13.8 Å². The van der Waals surface area contributed by atoms with Crippen LogP contribution in [-0.4, -0.2) is 71.8 Å². The van der Waals surface area contributed by atoms with Gasteiger partial charge in [-0.1, -0.05) is 0 Å². The predicted molar refractivity (Wildman–Crippen MR) is 58.6 cm³/mol. The second-order valence-corrected chi connectivity index (χ2v) is 2.90. The van der Waals surface area contributed by atoms with Crippen LogP contribution in [0.15, 0.2) is 23.3 Å². The molecule has 0 spiro atoms. The van der Waals surface area contributed by atoms with Gasteiger partial charge in [0.1, 0.15) is 0 Å². The van der Waals surface area contributed by atoms with Gasteiger partial charge in [-0.05, 0) is 26.0 Å². The summed E-state index contributed by atoms with van der Waals surface area (Å²) < 4.78 is 0. The molecule has 0 radical (unpaired) electrons. The summed E-state index contributed by atoms with van der Waals surface area (Å²) in [5, 5.41) is 35.5. The van der Waals surface area contributed by atoms with Crippen molar-refractivity contribution in [2.45, 2.75) is 13.8 Å². The zero-order chi connectivity index (χ0) is 14.9. The molecule has 0 heterocycles. The van der Waals surface area contributed by atoms with Crippen molar-refractivity contribution in [3.05, 3.63) is 23.3 Å². The average Bonchev–Trinajstić information content (AvgIpc) is 2.16. The molecule has 0 bridgehead atoms. The summed E-state index contributed by atoms with van der Waals surface area (Å²) in [4.78, 5) is 39.1. The van der Waals surface area contributed by atoms with Gasteiger partial charge in [0.2, 0.25) is 0 Å². The minimum absolute atomic E-state index is 0. The van der Waals surface area contributed by atoms with Gasteiger partial charge < -0.3 is 30.0 Å². The summed E-state index contributed by atoms with van der Waals surface area (Å²) in [6.07, 6.45) is 1.06. The third kappa shape index (κ3) is 16.6. The van der Waals surface area contributed by atoms with E-state index in [1.54, 1.807) is 0 Å². The van der Waals surface area contributed by atoms with Crippen LogP contribution in [0.5, 0.6) is 0 Å². The first-order valence-corrected chi connectivity index (χ1v) is 4.33. The molecule has 8 nitrogen and oxygen atoms in total. The molecule has 0 aromatic rings. The zero-order valence-electron chi connectivity index (χ0n) is 10.2. The fourth-order valence-corrected chi connectivity index (χ4v) is 0.477. The molecule has 0 rings (SSSR count). The van der Waals surface area contributed by atoms with Crippen molar-refractivity contribution in [1.82, 2.24) is 0 Å². The van der Waals surface area contributed by atoms with Gasteiger partial charge >= 0.3 is 49.7 Å². The van der Waals surface area contributed by atoms with E-state index in [9.17, 15) is 29.4 Å². The van der Waals surface area contributed by atoms with Crippen LogP contribution in [0.2, 0.25) is 0 Å². The first-order valence-electron chi connectivity index (χ1n) is 4.33. The Morgan fingerprint density at radius 3 is 1.05 bits per heavy atom. The maximum absolute atomic E-state index is 9.88. The van der Waals surface area contributed by atoms with Crippen LogP contribution in [-0.2, 0) is 19.2 Å². The standard InChI is InChI=1S/2C5H6O4.Ca/c2*1-3(5(8)9)2-4(6)7;/h2*2H,1H3,(H,6,7)(H,8,9);/q;;+2/p-2/b2*3-2+;. The third-order valence-electron chi connectivity index (χ3n) is 1.34. The van der Waals surface area contributed by atoms with Crippen LogP contribution < -0.4 is 10.2 Å². The molecule has 0 unspecified atom stereocenters. The SMILES string of the molecule is C/C(=C\C(=O)[O-])C(=O)O.C/C(=C\C(=O)[O-])C(=O)O.[Ca+2]. The predicted octanol–water partition coefficient (Wildman–Crippen LogP) is -2.85. The summed E-state index contributed by atoms with van der Waals surface area (Å²) in [6.45, 7) is 2.36. The number of hydrogen-bond donors (Lipinski definition) is 2. The molecule has 0 saturated heterocycles. The van der Waals surface area contributed by atoms with E-state index in [4.69, 9.17) is 10.2 Å². The first kappa shape index (κ1) is 22.8. The van der Waals surface area contributed by atoms with Crippen LogP contribution in [0.3, 0.4) is 0 Å². The fourth-order valence-electron chi connectivity index (χ4n) is 0.477. The third-order valence-corrected chi connectivity index (χ3v) is 1.34. The monoisotopic (exact) mass is 298 g/mol. The number of carbonyl (C=O) groups excluding carboxylic acids is 2. The Morgan fingerprint density at radius 2 is 1.00 bits per heavy atom. The van der Waals surface area contributed by atoms with E-state index in [0.29, 0.717) is 12.2 Å². The Balaban J connectivity index is -0.000000256. The number of aliphatic carboxylic acids is 4. The van der Waals surface area contributed by atoms with Crippen molar-refractivity contribution in [3.63, 3.8) is 0 Å². The van der Waals surface area contributed by atoms with Crippen LogP contribution >= 0.6 is 0 Å². The van der Waals surface area contributed by atoms with Crippen LogP contribution in [0.1, 0.15) is 13.8 Å². The molecule has 0 aliphatic rings. The maximum Gasteiger partial charge on any atom is 2.00 e. The van der Waals surface area contributed by atoms with E-state index in [-0.39, 0.29) is 48.9 Å². The van der Waals surface area contributed by atoms with Crippen LogP contribution in [0.25, 0.3) is 0 Å². The molecule has 0 aromatic heterocycles. The molecule has 0 aromatic carbocycles. The second kappa shape index (κ2) is 11.7. The summed E-state index contributed by atoms with van der Waals surface area (Å²) in [7, 11) is 0. The number of carbonyl (C=O) groups is 4. The Morgan fingerprint density at radius 1 is 0.789 bits per heavy atom. The van der Waals surface area contributed by atoms with Gasteiger partial charge in [0, 0.05) is 11.1 Å². The number of carboxylic acid groups (broad SMARTS) is 4. The van der Waals surface area contributed by atoms with Gasteiger partial charge in [-0.2, -0.15) is 0 Å². The van der Waals surface area contributed by atoms with Crippen LogP contribution in [0, 0.1) is 0 Å². The topological polar surface area (TPSA) is 155 Å². The minimum atomic E-state index is -1.49. The van der Waals surface area contributed by atoms with Gasteiger partial charge in [0.05, 0.1) is 11.9 Å². The van der Waals surface area contributed by atoms with E-state index in [0.717, 1.165) is 0 Å². The molecule has 0 amide bonds. The van der Waals surface area contributed by atoms with Crippen molar-refractivity contribution in [3.8, 4) is 0 Å². The van der Waals surface area contributed by atoms with Gasteiger partial charge in [-0.25, -0.2) is 9.59 Å². The van der Waals surface area contributed by atoms with Crippen molar-refractivity contribution in [1.29, 1.82) is 0 Å². The first-order chi connectivity index (χ1) is 8.07. The van der Waals surface area contributed by atoms with Crippen molar-refractivity contribution in [2.24, 2.45) is 0 Å². The zero-order valence-corrected chi connectivity index (χ0v) is 12.4. The molecular formula is C10H10CaO8. The summed E-state index contributed by atoms with van der Waals surface area (Å²) in [5.41, 5.74) is -0.481. The molecule has 2 N–H and O–H groups in total. The van der Waals surface area contributed by atoms with E-state index in [1.807, 2.05) is 0 Å². The Labute approximate surface area is 138 Å². The normalized spacial score (nSPS) is 10.4. The number of rotatable bonds is 4. The van der Waals surface area contributed by atoms with Gasteiger partial charge in [-0.3, -0.25) is 0 Å². The summed E-state index contributed by atoms with van der Waals surface area (Å²) in [6, 6.07) is 0. The van der Waals surface area contributed by atoms with Crippen molar-refractivity contribution < 1.29 is 39.6 Å². The molecular weight excluding hydrogens is 288 g/mol. The van der Waals surface area contributed by atoms with Gasteiger partial charge in [0.25, 0.3) is 0 Å². The number of hydrogen-bond acceptors (Lipinski definition) is 6. The maximum atomic E-state index is 9.88. The Bertz CT molecular complexity index is 381. The molecule has 100 valence electrons. The van der Waals surface area contributed by atoms with E-state index in [2.05, 4.69) is 0 Å². The summed E-state index contributed by atoms with van der Waals surface area (Å²) in [5.74, 6) is -5.48. The van der Waals surface area contributed by atoms with E-state index < -0.39 is 23.9 Å². The molecule has 0 aliphatic heterocycles. The molecule has 0 fully saturated rings. The van der Waals surface area contributed by atoms with Gasteiger partial charge in [-0.15, -0.1) is 0 Å². The Kier molecular flexibility index (Phi) is 14.0.